The number of benzene rings is 1. The van der Waals surface area contributed by atoms with E-state index in [4.69, 9.17) is 9.26 Å². The van der Waals surface area contributed by atoms with Gasteiger partial charge in [0.2, 0.25) is 15.9 Å². The second-order valence-corrected chi connectivity index (χ2v) is 10.2. The molecule has 1 amide bonds. The molecule has 0 N–H and O–H groups in total. The molecular weight excluding hydrogens is 430 g/mol. The number of carbonyl (C=O) groups excluding carboxylic acids is 1. The third kappa shape index (κ3) is 4.79. The van der Waals surface area contributed by atoms with Crippen LogP contribution in [0.1, 0.15) is 35.4 Å². The minimum atomic E-state index is -3.86. The van der Waals surface area contributed by atoms with Crippen LogP contribution in [0.2, 0.25) is 0 Å². The summed E-state index contributed by atoms with van der Waals surface area (Å²) in [5.74, 6) is -0.136. The molecule has 9 heteroatoms. The molecule has 3 heterocycles. The first-order chi connectivity index (χ1) is 15.4. The van der Waals surface area contributed by atoms with Gasteiger partial charge in [0.15, 0.2) is 10.7 Å². The number of morpholine rings is 1. The van der Waals surface area contributed by atoms with Crippen LogP contribution in [0.15, 0.2) is 33.7 Å². The summed E-state index contributed by atoms with van der Waals surface area (Å²) in [5, 5.41) is 3.91. The zero-order valence-electron chi connectivity index (χ0n) is 18.5. The number of amides is 1. The maximum atomic E-state index is 13.5. The summed E-state index contributed by atoms with van der Waals surface area (Å²) >= 11 is 0. The molecule has 1 unspecified atom stereocenters. The van der Waals surface area contributed by atoms with Crippen LogP contribution in [0.5, 0.6) is 0 Å². The Labute approximate surface area is 188 Å². The maximum Gasteiger partial charge on any atom is 0.248 e. The number of aromatic nitrogens is 1. The molecule has 1 atom stereocenters. The quantitative estimate of drug-likeness (QED) is 0.683. The van der Waals surface area contributed by atoms with Crippen molar-refractivity contribution in [3.63, 3.8) is 0 Å². The molecule has 0 radical (unpaired) electrons. The third-order valence-corrected chi connectivity index (χ3v) is 8.02. The highest BCUT2D eigenvalue weighted by Crippen LogP contribution is 2.30. The molecule has 4 rings (SSSR count). The van der Waals surface area contributed by atoms with E-state index in [0.29, 0.717) is 51.4 Å². The standard InChI is InChI=1S/C23H29N3O5S/c1-17-5-7-19(8-6-17)9-10-21-22(18(2)24-31-21)32(28,29)26-11-3-4-20(16-26)23(27)25-12-14-30-15-13-25/h5-10,20H,3-4,11-16H2,1-2H3/b10-9+. The first-order valence-electron chi connectivity index (χ1n) is 10.9. The Morgan fingerprint density at radius 3 is 2.53 bits per heavy atom. The van der Waals surface area contributed by atoms with Gasteiger partial charge in [0.1, 0.15) is 5.69 Å². The summed E-state index contributed by atoms with van der Waals surface area (Å²) in [4.78, 5) is 14.8. The van der Waals surface area contributed by atoms with Crippen molar-refractivity contribution in [2.75, 3.05) is 39.4 Å². The first-order valence-corrected chi connectivity index (χ1v) is 12.4. The number of hydrogen-bond donors (Lipinski definition) is 0. The summed E-state index contributed by atoms with van der Waals surface area (Å²) < 4.78 is 39.2. The fraction of sp³-hybridized carbons (Fsp3) is 0.478. The third-order valence-electron chi connectivity index (χ3n) is 5.99. The van der Waals surface area contributed by atoms with Crippen LogP contribution in [-0.2, 0) is 19.6 Å². The number of aryl methyl sites for hydroxylation is 2. The number of piperidine rings is 1. The molecule has 172 valence electrons. The molecule has 1 aromatic carbocycles. The van der Waals surface area contributed by atoms with Crippen molar-refractivity contribution in [2.24, 2.45) is 5.92 Å². The minimum Gasteiger partial charge on any atom is -0.378 e. The van der Waals surface area contributed by atoms with E-state index in [2.05, 4.69) is 5.16 Å². The smallest absolute Gasteiger partial charge is 0.248 e. The van der Waals surface area contributed by atoms with Gasteiger partial charge in [-0.15, -0.1) is 0 Å². The van der Waals surface area contributed by atoms with E-state index in [1.807, 2.05) is 31.2 Å². The average molecular weight is 460 g/mol. The van der Waals surface area contributed by atoms with Gasteiger partial charge >= 0.3 is 0 Å². The van der Waals surface area contributed by atoms with Crippen LogP contribution in [-0.4, -0.2) is 68.1 Å². The van der Waals surface area contributed by atoms with Gasteiger partial charge in [0.05, 0.1) is 19.1 Å². The number of rotatable bonds is 5. The molecule has 0 aliphatic carbocycles. The van der Waals surface area contributed by atoms with E-state index in [9.17, 15) is 13.2 Å². The highest BCUT2D eigenvalue weighted by atomic mass is 32.2. The summed E-state index contributed by atoms with van der Waals surface area (Å²) in [6.45, 7) is 6.34. The SMILES string of the molecule is Cc1ccc(/C=C/c2onc(C)c2S(=O)(=O)N2CCCC(C(=O)N3CCOCC3)C2)cc1. The Morgan fingerprint density at radius 1 is 1.09 bits per heavy atom. The molecule has 2 aliphatic rings. The largest absolute Gasteiger partial charge is 0.378 e. The van der Waals surface area contributed by atoms with Gasteiger partial charge in [-0.1, -0.05) is 41.1 Å². The van der Waals surface area contributed by atoms with Gasteiger partial charge in [-0.2, -0.15) is 4.31 Å². The Bertz CT molecular complexity index is 1090. The zero-order chi connectivity index (χ0) is 22.7. The van der Waals surface area contributed by atoms with Crippen molar-refractivity contribution < 1.29 is 22.5 Å². The number of sulfonamides is 1. The molecule has 0 saturated carbocycles. The molecule has 32 heavy (non-hydrogen) atoms. The molecule has 2 aromatic rings. The molecule has 2 aliphatic heterocycles. The lowest BCUT2D eigenvalue weighted by Gasteiger charge is -2.35. The second kappa shape index (κ2) is 9.56. The lowest BCUT2D eigenvalue weighted by atomic mass is 9.98. The van der Waals surface area contributed by atoms with E-state index in [0.717, 1.165) is 11.1 Å². The number of carbonyl (C=O) groups is 1. The van der Waals surface area contributed by atoms with Crippen LogP contribution >= 0.6 is 0 Å². The van der Waals surface area contributed by atoms with Crippen LogP contribution < -0.4 is 0 Å². The van der Waals surface area contributed by atoms with Crippen LogP contribution in [0.25, 0.3) is 12.2 Å². The summed E-state index contributed by atoms with van der Waals surface area (Å²) in [6, 6.07) is 7.88. The highest BCUT2D eigenvalue weighted by Gasteiger charge is 2.38. The minimum absolute atomic E-state index is 0.00901. The first kappa shape index (κ1) is 22.7. The fourth-order valence-corrected chi connectivity index (χ4v) is 5.96. The summed E-state index contributed by atoms with van der Waals surface area (Å²) in [7, 11) is -3.86. The monoisotopic (exact) mass is 459 g/mol. The second-order valence-electron chi connectivity index (χ2n) is 8.35. The molecule has 0 spiro atoms. The van der Waals surface area contributed by atoms with Gasteiger partial charge in [-0.05, 0) is 38.3 Å². The Hall–Kier alpha value is -2.49. The van der Waals surface area contributed by atoms with Crippen molar-refractivity contribution in [1.29, 1.82) is 0 Å². The summed E-state index contributed by atoms with van der Waals surface area (Å²) in [6.07, 6.45) is 4.76. The van der Waals surface area contributed by atoms with E-state index in [-0.39, 0.29) is 29.0 Å². The van der Waals surface area contributed by atoms with E-state index < -0.39 is 10.0 Å². The number of ether oxygens (including phenoxy) is 1. The fourth-order valence-electron chi connectivity index (χ4n) is 4.18. The number of hydrogen-bond acceptors (Lipinski definition) is 6. The van der Waals surface area contributed by atoms with Gasteiger partial charge in [0.25, 0.3) is 0 Å². The summed E-state index contributed by atoms with van der Waals surface area (Å²) in [5.41, 5.74) is 2.39. The van der Waals surface area contributed by atoms with Crippen LogP contribution in [0, 0.1) is 19.8 Å². The molecule has 8 nitrogen and oxygen atoms in total. The average Bonchev–Trinajstić information content (AvgIpc) is 3.20. The topological polar surface area (TPSA) is 93.0 Å². The molecular formula is C23H29N3O5S. The van der Waals surface area contributed by atoms with Gasteiger partial charge in [-0.3, -0.25) is 4.79 Å². The lowest BCUT2D eigenvalue weighted by molar-refractivity contribution is -0.140. The predicted octanol–water partition coefficient (Wildman–Crippen LogP) is 2.72. The molecule has 1 aromatic heterocycles. The van der Waals surface area contributed by atoms with Crippen LogP contribution in [0.4, 0.5) is 0 Å². The van der Waals surface area contributed by atoms with Crippen molar-refractivity contribution >= 4 is 28.1 Å². The van der Waals surface area contributed by atoms with Crippen molar-refractivity contribution in [3.8, 4) is 0 Å². The number of nitrogens with zero attached hydrogens (tertiary/aromatic N) is 3. The Balaban J connectivity index is 1.54. The van der Waals surface area contributed by atoms with Crippen LogP contribution in [0.3, 0.4) is 0 Å². The maximum absolute atomic E-state index is 13.5. The Morgan fingerprint density at radius 2 is 1.81 bits per heavy atom. The molecule has 2 fully saturated rings. The molecule has 2 saturated heterocycles. The molecule has 0 bridgehead atoms. The lowest BCUT2D eigenvalue weighted by Crippen LogP contribution is -2.49. The van der Waals surface area contributed by atoms with Gasteiger partial charge in [-0.25, -0.2) is 8.42 Å². The van der Waals surface area contributed by atoms with Crippen molar-refractivity contribution in [1.82, 2.24) is 14.4 Å². The highest BCUT2D eigenvalue weighted by molar-refractivity contribution is 7.89. The van der Waals surface area contributed by atoms with E-state index >= 15 is 0 Å². The van der Waals surface area contributed by atoms with Gasteiger partial charge < -0.3 is 14.2 Å². The van der Waals surface area contributed by atoms with Crippen molar-refractivity contribution in [2.45, 2.75) is 31.6 Å². The normalized spacial score (nSPS) is 20.7. The van der Waals surface area contributed by atoms with E-state index in [1.54, 1.807) is 24.0 Å². The van der Waals surface area contributed by atoms with Crippen molar-refractivity contribution in [3.05, 3.63) is 46.8 Å². The van der Waals surface area contributed by atoms with Gasteiger partial charge in [0, 0.05) is 26.2 Å². The zero-order valence-corrected chi connectivity index (χ0v) is 19.3. The Kier molecular flexibility index (Phi) is 6.78. The predicted molar refractivity (Wildman–Crippen MR) is 120 cm³/mol. The van der Waals surface area contributed by atoms with E-state index in [1.165, 1.54) is 4.31 Å².